The maximum Gasteiger partial charge on any atom is 0.141 e. The first-order valence-electron chi connectivity index (χ1n) is 28.2. The van der Waals surface area contributed by atoms with E-state index >= 15 is 0 Å². The predicted octanol–water partition coefficient (Wildman–Crippen LogP) is 12.2. The van der Waals surface area contributed by atoms with Gasteiger partial charge in [-0.2, -0.15) is 0 Å². The summed E-state index contributed by atoms with van der Waals surface area (Å²) in [5.41, 5.74) is 12.5. The third-order valence-electron chi connectivity index (χ3n) is 13.7. The fourth-order valence-electron chi connectivity index (χ4n) is 9.30. The molecule has 5 aromatic rings. The summed E-state index contributed by atoms with van der Waals surface area (Å²) in [6.07, 6.45) is 19.4. The summed E-state index contributed by atoms with van der Waals surface area (Å²) >= 11 is 0. The second kappa shape index (κ2) is 33.9. The Hall–Kier alpha value is -4.81. The van der Waals surface area contributed by atoms with Crippen molar-refractivity contribution in [1.82, 2.24) is 0 Å². The van der Waals surface area contributed by atoms with Gasteiger partial charge in [0.05, 0.1) is 0 Å². The average molecular weight is 1020 g/mol. The molecule has 0 aliphatic heterocycles. The van der Waals surface area contributed by atoms with E-state index < -0.39 is 10.2 Å². The van der Waals surface area contributed by atoms with Crippen LogP contribution in [0.4, 0.5) is 56.9 Å². The minimum Gasteiger partial charge on any atom is -0.372 e. The molecule has 0 saturated heterocycles. The zero-order valence-electron chi connectivity index (χ0n) is 46.3. The predicted molar refractivity (Wildman–Crippen MR) is 302 cm³/mol. The molecule has 0 fully saturated rings. The zero-order valence-corrected chi connectivity index (χ0v) is 47.0. The Kier molecular flexibility index (Phi) is 28.2. The van der Waals surface area contributed by atoms with Crippen LogP contribution in [0, 0.1) is 10.2 Å². The largest absolute Gasteiger partial charge is 0.372 e. The number of anilines is 7. The van der Waals surface area contributed by atoms with Gasteiger partial charge in [-0.1, -0.05) is 107 Å². The number of unbranched alkanes of at least 4 members (excludes halogenated alkanes) is 8. The molecule has 0 bridgehead atoms. The Balaban J connectivity index is 0.00000220. The van der Waals surface area contributed by atoms with Crippen LogP contribution in [0.2, 0.25) is 0 Å². The fourth-order valence-corrected chi connectivity index (χ4v) is 9.30. The molecule has 0 aromatic heterocycles. The van der Waals surface area contributed by atoms with Crippen molar-refractivity contribution in [2.24, 2.45) is 0 Å². The minimum atomic E-state index is -4.94. The van der Waals surface area contributed by atoms with Crippen LogP contribution in [0.3, 0.4) is 0 Å². The summed E-state index contributed by atoms with van der Waals surface area (Å²) < 4.78 is 34.0. The van der Waals surface area contributed by atoms with Gasteiger partial charge in [0.15, 0.2) is 0 Å². The van der Waals surface area contributed by atoms with Crippen LogP contribution in [0.25, 0.3) is 0 Å². The molecule has 5 rings (SSSR count). The van der Waals surface area contributed by atoms with E-state index in [9.17, 15) is 0 Å². The van der Waals surface area contributed by atoms with Crippen LogP contribution < -0.4 is 48.0 Å². The normalized spacial score (nSPS) is 11.4. The maximum absolute atomic E-state index is 8.49. The first-order chi connectivity index (χ1) is 35.4. The molecular formula is C62H93ClN6O4. The van der Waals surface area contributed by atoms with Gasteiger partial charge >= 0.3 is 0 Å². The smallest absolute Gasteiger partial charge is 0.141 e. The van der Waals surface area contributed by atoms with Crippen molar-refractivity contribution < 1.29 is 33.8 Å². The van der Waals surface area contributed by atoms with Crippen molar-refractivity contribution in [3.05, 3.63) is 121 Å². The SMILES string of the molecule is CCCCN(CCCC)c1ccc(N(c2ccc(N(CCCC)CCCC)cc2)c2ccc([NH+](c3ccc(N(CCCC)CCCC)cc3)c3ccc(N(CCCC)CCCC)cc3)cc2)cc1.[O-][Cl+3]([O-])([O-])[O-]. The first-order valence-corrected chi connectivity index (χ1v) is 29.5. The number of benzene rings is 5. The van der Waals surface area contributed by atoms with Gasteiger partial charge in [0.2, 0.25) is 0 Å². The lowest BCUT2D eigenvalue weighted by Gasteiger charge is -2.29. The van der Waals surface area contributed by atoms with E-state index in [0.717, 1.165) is 58.0 Å². The standard InChI is InChI=1S/C62H92N6.ClHO4/c1-9-17-45-63(46-18-10-2)53-25-33-57(34-26-53)67(58-35-27-54(28-36-58)64(47-19-11-3)48-20-12-4)61-41-43-62(44-42-61)68(59-37-29-55(30-38-59)65(49-21-13-5)50-22-14-6)60-39-31-56(32-40-60)66(51-23-15-7)52-24-16-8;2-1(3,4)5/h25-44H,9-24,45-52H2,1-8H3;(H,2,3,4,5). The van der Waals surface area contributed by atoms with E-state index in [4.69, 9.17) is 18.6 Å². The molecule has 0 aliphatic rings. The lowest BCUT2D eigenvalue weighted by Crippen LogP contribution is -2.96. The highest BCUT2D eigenvalue weighted by atomic mass is 35.7. The molecule has 0 atom stereocenters. The monoisotopic (exact) mass is 1020 g/mol. The molecule has 0 radical (unpaired) electrons. The summed E-state index contributed by atoms with van der Waals surface area (Å²) in [6, 6.07) is 47.1. The van der Waals surface area contributed by atoms with E-state index in [-0.39, 0.29) is 0 Å². The number of nitrogens with zero attached hydrogens (tertiary/aromatic N) is 5. The maximum atomic E-state index is 8.49. The molecule has 402 valence electrons. The van der Waals surface area contributed by atoms with E-state index in [1.165, 1.54) is 159 Å². The molecule has 10 nitrogen and oxygen atoms in total. The number of quaternary nitrogens is 1. The molecule has 11 heteroatoms. The number of rotatable bonds is 34. The van der Waals surface area contributed by atoms with Gasteiger partial charge in [0, 0.05) is 129 Å². The summed E-state index contributed by atoms with van der Waals surface area (Å²) in [4.78, 5) is 14.1. The number of hydrogen-bond acceptors (Lipinski definition) is 9. The van der Waals surface area contributed by atoms with Gasteiger partial charge in [0.1, 0.15) is 17.1 Å². The molecule has 0 aliphatic carbocycles. The lowest BCUT2D eigenvalue weighted by molar-refractivity contribution is -2.00. The van der Waals surface area contributed by atoms with E-state index in [2.05, 4.69) is 201 Å². The molecule has 73 heavy (non-hydrogen) atoms. The van der Waals surface area contributed by atoms with Crippen molar-refractivity contribution in [3.63, 3.8) is 0 Å². The molecular weight excluding hydrogens is 928 g/mol. The molecule has 0 spiro atoms. The molecule has 0 saturated carbocycles. The summed E-state index contributed by atoms with van der Waals surface area (Å²) in [7, 11) is -4.94. The second-order valence-corrected chi connectivity index (χ2v) is 20.3. The Labute approximate surface area is 445 Å². The second-order valence-electron chi connectivity index (χ2n) is 19.5. The van der Waals surface area contributed by atoms with Crippen molar-refractivity contribution >= 4 is 56.9 Å². The van der Waals surface area contributed by atoms with E-state index in [1.807, 2.05) is 0 Å². The molecule has 0 unspecified atom stereocenters. The van der Waals surface area contributed by atoms with Crippen LogP contribution in [0.5, 0.6) is 0 Å². The van der Waals surface area contributed by atoms with Crippen LogP contribution in [0.1, 0.15) is 158 Å². The van der Waals surface area contributed by atoms with Gasteiger partial charge in [-0.15, -0.1) is 10.2 Å². The van der Waals surface area contributed by atoms with Crippen molar-refractivity contribution in [2.45, 2.75) is 158 Å². The Morgan fingerprint density at radius 1 is 0.274 bits per heavy atom. The summed E-state index contributed by atoms with van der Waals surface area (Å²) in [6.45, 7) is 27.2. The third kappa shape index (κ3) is 20.8. The lowest BCUT2D eigenvalue weighted by atomic mass is 10.1. The van der Waals surface area contributed by atoms with Gasteiger partial charge in [-0.3, -0.25) is 0 Å². The van der Waals surface area contributed by atoms with Crippen molar-refractivity contribution in [2.75, 3.05) is 76.9 Å². The average Bonchev–Trinajstić information content (AvgIpc) is 3.40. The Morgan fingerprint density at radius 2 is 0.425 bits per heavy atom. The topological polar surface area (TPSA) is 113 Å². The summed E-state index contributed by atoms with van der Waals surface area (Å²) in [5, 5.41) is 0. The number of nitrogens with one attached hydrogen (secondary N) is 1. The van der Waals surface area contributed by atoms with E-state index in [1.54, 1.807) is 0 Å². The Bertz CT molecular complexity index is 1850. The quantitative estimate of drug-likeness (QED) is 0.0430. The highest BCUT2D eigenvalue weighted by Crippen LogP contribution is 2.37. The van der Waals surface area contributed by atoms with Gasteiger partial charge < -0.3 is 24.5 Å². The van der Waals surface area contributed by atoms with Crippen LogP contribution in [-0.4, -0.2) is 52.4 Å². The van der Waals surface area contributed by atoms with Gasteiger partial charge in [-0.25, -0.2) is 23.5 Å². The van der Waals surface area contributed by atoms with Crippen LogP contribution in [0.15, 0.2) is 121 Å². The Morgan fingerprint density at radius 3 is 0.603 bits per heavy atom. The first kappa shape index (κ1) is 60.7. The fraction of sp³-hybridized carbons (Fsp3) is 0.516. The minimum absolute atomic E-state index is 1.10. The zero-order chi connectivity index (χ0) is 52.9. The van der Waals surface area contributed by atoms with E-state index in [0.29, 0.717) is 0 Å². The summed E-state index contributed by atoms with van der Waals surface area (Å²) in [5.74, 6) is 0. The van der Waals surface area contributed by atoms with Gasteiger partial charge in [-0.05, 0) is 136 Å². The number of halogens is 1. The van der Waals surface area contributed by atoms with Gasteiger partial charge in [0.25, 0.3) is 0 Å². The van der Waals surface area contributed by atoms with Crippen molar-refractivity contribution in [1.29, 1.82) is 0 Å². The molecule has 1 N–H and O–H groups in total. The highest BCUT2D eigenvalue weighted by molar-refractivity contribution is 5.79. The van der Waals surface area contributed by atoms with Crippen molar-refractivity contribution in [3.8, 4) is 0 Å². The molecule has 5 aromatic carbocycles. The molecule has 0 heterocycles. The number of hydrogen-bond donors (Lipinski definition) is 1. The van der Waals surface area contributed by atoms with Crippen LogP contribution >= 0.6 is 0 Å². The highest BCUT2D eigenvalue weighted by Gasteiger charge is 2.23. The third-order valence-corrected chi connectivity index (χ3v) is 13.7. The molecule has 0 amide bonds. The van der Waals surface area contributed by atoms with Crippen LogP contribution in [-0.2, 0) is 0 Å².